The third kappa shape index (κ3) is 10.3. The monoisotopic (exact) mass is 914 g/mol. The average Bonchev–Trinajstić information content (AvgIpc) is 3.69. The summed E-state index contributed by atoms with van der Waals surface area (Å²) in [6, 6.07) is 14.0. The molecule has 0 spiro atoms. The van der Waals surface area contributed by atoms with E-state index in [1.807, 2.05) is 47.8 Å². The van der Waals surface area contributed by atoms with Crippen LogP contribution < -0.4 is 19.5 Å². The van der Waals surface area contributed by atoms with Crippen LogP contribution in [0, 0.1) is 11.8 Å². The number of carbonyl (C=O) groups excluding carboxylic acids is 3. The van der Waals surface area contributed by atoms with Crippen LogP contribution in [-0.2, 0) is 29.8 Å². The molecule has 6 atom stereocenters. The number of Topliss-reactive ketones (excluding diaryl/α,β-unsaturated/α-hetero) is 1. The first kappa shape index (κ1) is 46.0. The number of benzene rings is 2. The number of rotatable bonds is 13. The van der Waals surface area contributed by atoms with Gasteiger partial charge in [0.25, 0.3) is 0 Å². The molecule has 4 fully saturated rings. The maximum atomic E-state index is 15.1. The van der Waals surface area contributed by atoms with Crippen molar-refractivity contribution in [1.29, 1.82) is 0 Å². The van der Waals surface area contributed by atoms with E-state index in [1.54, 1.807) is 25.2 Å². The van der Waals surface area contributed by atoms with Gasteiger partial charge in [0, 0.05) is 53.3 Å². The van der Waals surface area contributed by atoms with Crippen molar-refractivity contribution in [1.82, 2.24) is 14.9 Å². The number of ether oxygens (including phenoxy) is 4. The third-order valence-corrected chi connectivity index (χ3v) is 17.4. The van der Waals surface area contributed by atoms with Crippen LogP contribution in [0.3, 0.4) is 0 Å². The summed E-state index contributed by atoms with van der Waals surface area (Å²) in [5.41, 5.74) is 2.53. The average molecular weight is 915 g/mol. The fraction of sp³-hybridized carbons (Fsp3) is 0.571. The summed E-state index contributed by atoms with van der Waals surface area (Å²) in [6.07, 6.45) is 9.03. The van der Waals surface area contributed by atoms with Crippen molar-refractivity contribution in [3.05, 3.63) is 59.5 Å². The van der Waals surface area contributed by atoms with Gasteiger partial charge in [0.15, 0.2) is 10.9 Å². The quantitative estimate of drug-likeness (QED) is 0.0964. The Balaban J connectivity index is 1.13. The molecule has 0 bridgehead atoms. The van der Waals surface area contributed by atoms with Gasteiger partial charge in [-0.1, -0.05) is 50.3 Å². The van der Waals surface area contributed by atoms with Crippen molar-refractivity contribution in [2.24, 2.45) is 11.8 Å². The van der Waals surface area contributed by atoms with E-state index in [9.17, 15) is 14.3 Å². The summed E-state index contributed by atoms with van der Waals surface area (Å²) in [5.74, 6) is 0.00524. The van der Waals surface area contributed by atoms with Gasteiger partial charge in [-0.25, -0.2) is 9.97 Å². The van der Waals surface area contributed by atoms with Gasteiger partial charge in [0.2, 0.25) is 13.3 Å². The second kappa shape index (κ2) is 19.9. The smallest absolute Gasteiger partial charge is 0.306 e. The molecule has 13 nitrogen and oxygen atoms in total. The van der Waals surface area contributed by atoms with Crippen molar-refractivity contribution in [2.75, 3.05) is 26.1 Å². The summed E-state index contributed by atoms with van der Waals surface area (Å²) in [5, 5.41) is 5.68. The molecule has 15 heteroatoms. The second-order valence-corrected chi connectivity index (χ2v) is 22.1. The second-order valence-electron chi connectivity index (χ2n) is 18.7. The van der Waals surface area contributed by atoms with Gasteiger partial charge in [-0.05, 0) is 82.9 Å². The zero-order valence-corrected chi connectivity index (χ0v) is 39.3. The molecule has 2 aromatic carbocycles. The molecule has 8 rings (SSSR count). The van der Waals surface area contributed by atoms with Crippen LogP contribution in [0.1, 0.15) is 116 Å². The maximum absolute atomic E-state index is 15.1. The van der Waals surface area contributed by atoms with Crippen LogP contribution >= 0.6 is 18.7 Å². The number of esters is 1. The lowest BCUT2D eigenvalue weighted by Crippen LogP contribution is -2.45. The molecular weight excluding hydrogens is 852 g/mol. The van der Waals surface area contributed by atoms with Crippen LogP contribution in [0.2, 0.25) is 0 Å². The number of ketones is 1. The van der Waals surface area contributed by atoms with Gasteiger partial charge in [-0.15, -0.1) is 11.3 Å². The molecule has 2 saturated heterocycles. The van der Waals surface area contributed by atoms with E-state index < -0.39 is 30.6 Å². The number of hydrogen-bond donors (Lipinski definition) is 2. The predicted molar refractivity (Wildman–Crippen MR) is 248 cm³/mol. The lowest BCUT2D eigenvalue weighted by Gasteiger charge is -2.30. The first-order valence-corrected chi connectivity index (χ1v) is 25.9. The minimum Gasteiger partial charge on any atom is -0.497 e. The highest BCUT2D eigenvalue weighted by molar-refractivity contribution is 7.59. The highest BCUT2D eigenvalue weighted by Crippen LogP contribution is 2.75. The lowest BCUT2D eigenvalue weighted by atomic mass is 9.94. The van der Waals surface area contributed by atoms with Crippen LogP contribution in [0.4, 0.5) is 5.13 Å². The minimum absolute atomic E-state index is 0.0590. The largest absolute Gasteiger partial charge is 0.497 e. The Hall–Kier alpha value is -4.52. The molecule has 2 aliphatic carbocycles. The highest BCUT2D eigenvalue weighted by atomic mass is 32.1. The number of hydrogen-bond acceptors (Lipinski definition) is 12. The molecule has 1 amide bonds. The van der Waals surface area contributed by atoms with Gasteiger partial charge < -0.3 is 34.1 Å². The van der Waals surface area contributed by atoms with Gasteiger partial charge in [0.05, 0.1) is 55.8 Å². The van der Waals surface area contributed by atoms with Crippen molar-refractivity contribution in [2.45, 2.75) is 146 Å². The Bertz CT molecular complexity index is 2370. The first-order chi connectivity index (χ1) is 30.9. The number of para-hydroxylation sites is 1. The molecule has 2 saturated carbocycles. The fourth-order valence-electron chi connectivity index (χ4n) is 10.3. The van der Waals surface area contributed by atoms with E-state index in [1.165, 1.54) is 11.3 Å². The van der Waals surface area contributed by atoms with E-state index in [0.29, 0.717) is 52.6 Å². The number of methoxy groups -OCH3 is 2. The lowest BCUT2D eigenvalue weighted by molar-refractivity contribution is -0.154. The zero-order valence-electron chi connectivity index (χ0n) is 37.6. The molecule has 1 unspecified atom stereocenters. The van der Waals surface area contributed by atoms with Crippen molar-refractivity contribution < 1.29 is 42.8 Å². The predicted octanol–water partition coefficient (Wildman–Crippen LogP) is 9.97. The fourth-order valence-corrected chi connectivity index (χ4v) is 13.8. The van der Waals surface area contributed by atoms with E-state index in [2.05, 4.69) is 19.2 Å². The number of nitrogens with zero attached hydrogens (tertiary/aromatic N) is 3. The third-order valence-electron chi connectivity index (χ3n) is 13.8. The van der Waals surface area contributed by atoms with Crippen LogP contribution in [-0.4, -0.2) is 87.6 Å². The van der Waals surface area contributed by atoms with Crippen LogP contribution in [0.5, 0.6) is 17.2 Å². The number of carbonyl (C=O) groups is 3. The Labute approximate surface area is 380 Å². The Kier molecular flexibility index (Phi) is 14.3. The van der Waals surface area contributed by atoms with Gasteiger partial charge in [-0.2, -0.15) is 0 Å². The van der Waals surface area contributed by atoms with Gasteiger partial charge in [-0.3, -0.25) is 18.9 Å². The normalized spacial score (nSPS) is 25.5. The zero-order chi connectivity index (χ0) is 45.0. The maximum Gasteiger partial charge on any atom is 0.306 e. The summed E-state index contributed by atoms with van der Waals surface area (Å²) in [4.78, 5) is 67.1. The van der Waals surface area contributed by atoms with Crippen LogP contribution in [0.15, 0.2) is 53.9 Å². The standard InChI is InChI=1S/C49H63N4O9PS/c1-31(2)50-48-52-41(30-64-48)40-25-45(38-21-20-36(59-3)23-39(38)51-40)61-37-24-42-43(54)27-49(63(57,58)29-33-15-10-13-19-44(33)60-4)26-34(49)16-9-7-5-6-8-14-32(47(56)53(42)28-37)22-46(55)62-35-17-11-12-18-35/h10,13,15,19-21,23,25,30-32,34-35,37,42H,5-9,11-12,14,16-18,22,24,26-29H2,1-4H3,(H,50,52)(H,57,58)/t32-,34-,37-,42+,49-/m1/s1. The van der Waals surface area contributed by atoms with E-state index >= 15 is 9.59 Å². The number of fused-ring (bicyclic) bond motifs is 3. The molecule has 64 heavy (non-hydrogen) atoms. The Morgan fingerprint density at radius 1 is 0.922 bits per heavy atom. The molecule has 2 aromatic heterocycles. The minimum atomic E-state index is -4.01. The van der Waals surface area contributed by atoms with E-state index in [-0.39, 0.29) is 67.7 Å². The molecule has 344 valence electrons. The van der Waals surface area contributed by atoms with Crippen LogP contribution in [0.25, 0.3) is 22.3 Å². The summed E-state index contributed by atoms with van der Waals surface area (Å²) in [7, 11) is -0.857. The molecular formula is C49H63N4O9PS. The molecule has 4 heterocycles. The number of nitrogens with one attached hydrogen (secondary N) is 1. The molecule has 0 radical (unpaired) electrons. The van der Waals surface area contributed by atoms with Crippen molar-refractivity contribution in [3.8, 4) is 28.6 Å². The molecule has 2 N–H and O–H groups in total. The first-order valence-electron chi connectivity index (χ1n) is 23.2. The summed E-state index contributed by atoms with van der Waals surface area (Å²) >= 11 is 1.49. The number of anilines is 1. The summed E-state index contributed by atoms with van der Waals surface area (Å²) in [6.45, 7) is 4.21. The van der Waals surface area contributed by atoms with Crippen molar-refractivity contribution in [3.63, 3.8) is 0 Å². The number of amides is 1. The van der Waals surface area contributed by atoms with Gasteiger partial charge in [0.1, 0.15) is 35.2 Å². The molecule has 4 aromatic rings. The number of aromatic nitrogens is 2. The number of pyridine rings is 1. The topological polar surface area (TPSA) is 166 Å². The number of thiazole rings is 1. The SMILES string of the molecule is COc1ccc2c(O[C@@H]3C[C@H]4C(=O)C[C@]5(P(=O)(O)Cc6ccccc6OC)C[C@H]5CCCCCCC[C@H](CC(=O)OC5CCCC5)C(=O)N4C3)cc(-c3csc(NC(C)C)n3)nc2c1. The van der Waals surface area contributed by atoms with E-state index in [4.69, 9.17) is 28.9 Å². The van der Waals surface area contributed by atoms with Crippen molar-refractivity contribution >= 4 is 52.4 Å². The Morgan fingerprint density at radius 2 is 1.67 bits per heavy atom. The highest BCUT2D eigenvalue weighted by Gasteiger charge is 2.65. The Morgan fingerprint density at radius 3 is 2.44 bits per heavy atom. The molecule has 4 aliphatic rings. The van der Waals surface area contributed by atoms with E-state index in [0.717, 1.165) is 74.7 Å². The van der Waals surface area contributed by atoms with Gasteiger partial charge >= 0.3 is 5.97 Å². The molecule has 2 aliphatic heterocycles. The summed E-state index contributed by atoms with van der Waals surface area (Å²) < 4.78 is 38.8.